The van der Waals surface area contributed by atoms with Crippen molar-refractivity contribution in [3.05, 3.63) is 54.1 Å². The van der Waals surface area contributed by atoms with Crippen LogP contribution >= 0.6 is 0 Å². The van der Waals surface area contributed by atoms with Crippen LogP contribution in [-0.4, -0.2) is 41.8 Å². The first-order valence-corrected chi connectivity index (χ1v) is 8.15. The number of rotatable bonds is 9. The van der Waals surface area contributed by atoms with Crippen molar-refractivity contribution < 1.29 is 9.53 Å². The first-order chi connectivity index (χ1) is 11.6. The highest BCUT2D eigenvalue weighted by atomic mass is 16.5. The van der Waals surface area contributed by atoms with E-state index in [-0.39, 0.29) is 11.8 Å². The van der Waals surface area contributed by atoms with E-state index in [0.29, 0.717) is 19.6 Å². The molecule has 2 aromatic rings. The molecule has 3 N–H and O–H groups in total. The van der Waals surface area contributed by atoms with Crippen molar-refractivity contribution in [1.29, 1.82) is 0 Å². The van der Waals surface area contributed by atoms with Crippen molar-refractivity contribution in [3.8, 4) is 0 Å². The number of nitrogens with zero attached hydrogens (tertiary/aromatic N) is 2. The summed E-state index contributed by atoms with van der Waals surface area (Å²) in [5, 5.41) is 2.86. The highest BCUT2D eigenvalue weighted by molar-refractivity contribution is 5.81. The summed E-state index contributed by atoms with van der Waals surface area (Å²) in [6, 6.07) is 9.56. The lowest BCUT2D eigenvalue weighted by Crippen LogP contribution is -2.43. The molecule has 0 aliphatic carbocycles. The second kappa shape index (κ2) is 9.20. The van der Waals surface area contributed by atoms with Crippen LogP contribution in [0.15, 0.2) is 42.9 Å². The van der Waals surface area contributed by atoms with Crippen LogP contribution in [0.2, 0.25) is 0 Å². The second-order valence-electron chi connectivity index (χ2n) is 6.14. The summed E-state index contributed by atoms with van der Waals surface area (Å²) >= 11 is 0. The van der Waals surface area contributed by atoms with E-state index in [9.17, 15) is 4.79 Å². The van der Waals surface area contributed by atoms with Gasteiger partial charge >= 0.3 is 0 Å². The van der Waals surface area contributed by atoms with Gasteiger partial charge in [-0.1, -0.05) is 37.3 Å². The standard InChI is InChI=1S/C18H26N4O2/c1-14(12-24-2)9-20-18(23)17(19)8-16-11-22(13-21-16)10-15-6-4-3-5-7-15/h3-7,11,13-14,17H,8-10,12,19H2,1-2H3,(H,20,23)/t14?,17-/m0/s1. The fraction of sp³-hybridized carbons (Fsp3) is 0.444. The predicted molar refractivity (Wildman–Crippen MR) is 93.5 cm³/mol. The summed E-state index contributed by atoms with van der Waals surface area (Å²) in [4.78, 5) is 16.4. The SMILES string of the molecule is COCC(C)CNC(=O)[C@@H](N)Cc1cn(Cc2ccccc2)cn1. The number of hydrogen-bond acceptors (Lipinski definition) is 4. The Morgan fingerprint density at radius 3 is 2.83 bits per heavy atom. The smallest absolute Gasteiger partial charge is 0.237 e. The van der Waals surface area contributed by atoms with E-state index in [1.807, 2.05) is 35.9 Å². The van der Waals surface area contributed by atoms with Gasteiger partial charge in [-0.3, -0.25) is 4.79 Å². The van der Waals surface area contributed by atoms with Gasteiger partial charge in [0, 0.05) is 32.8 Å². The third-order valence-corrected chi connectivity index (χ3v) is 3.74. The fourth-order valence-corrected chi connectivity index (χ4v) is 2.46. The number of carbonyl (C=O) groups excluding carboxylic acids is 1. The minimum atomic E-state index is -0.597. The number of nitrogens with two attached hydrogens (primary N) is 1. The molecule has 1 aromatic carbocycles. The maximum Gasteiger partial charge on any atom is 0.237 e. The Balaban J connectivity index is 1.81. The average molecular weight is 330 g/mol. The van der Waals surface area contributed by atoms with Gasteiger partial charge in [0.25, 0.3) is 0 Å². The molecule has 6 nitrogen and oxygen atoms in total. The Kier molecular flexibility index (Phi) is 6.96. The lowest BCUT2D eigenvalue weighted by molar-refractivity contribution is -0.122. The number of imidazole rings is 1. The van der Waals surface area contributed by atoms with E-state index in [1.165, 1.54) is 5.56 Å². The molecule has 0 aliphatic rings. The van der Waals surface area contributed by atoms with Crippen molar-refractivity contribution in [2.75, 3.05) is 20.3 Å². The highest BCUT2D eigenvalue weighted by Crippen LogP contribution is 2.05. The molecule has 0 aliphatic heterocycles. The van der Waals surface area contributed by atoms with E-state index >= 15 is 0 Å². The molecule has 0 bridgehead atoms. The Hall–Kier alpha value is -2.18. The van der Waals surface area contributed by atoms with Gasteiger partial charge < -0.3 is 20.4 Å². The zero-order valence-electron chi connectivity index (χ0n) is 14.3. The molecule has 1 amide bonds. The third kappa shape index (κ3) is 5.79. The number of benzene rings is 1. The molecule has 0 saturated heterocycles. The monoisotopic (exact) mass is 330 g/mol. The molecule has 1 heterocycles. The Morgan fingerprint density at radius 2 is 2.12 bits per heavy atom. The van der Waals surface area contributed by atoms with Crippen LogP contribution in [0.25, 0.3) is 0 Å². The third-order valence-electron chi connectivity index (χ3n) is 3.74. The van der Waals surface area contributed by atoms with Crippen molar-refractivity contribution >= 4 is 5.91 Å². The number of nitrogens with one attached hydrogen (secondary N) is 1. The number of ether oxygens (including phenoxy) is 1. The predicted octanol–water partition coefficient (Wildman–Crippen LogP) is 1.20. The minimum Gasteiger partial charge on any atom is -0.384 e. The summed E-state index contributed by atoms with van der Waals surface area (Å²) in [6.07, 6.45) is 4.13. The van der Waals surface area contributed by atoms with Crippen molar-refractivity contribution in [3.63, 3.8) is 0 Å². The molecule has 24 heavy (non-hydrogen) atoms. The molecule has 0 fully saturated rings. The van der Waals surface area contributed by atoms with Crippen LogP contribution in [0, 0.1) is 5.92 Å². The molecule has 2 atom stereocenters. The number of amides is 1. The lowest BCUT2D eigenvalue weighted by atomic mass is 10.1. The van der Waals surface area contributed by atoms with Crippen LogP contribution in [0.4, 0.5) is 0 Å². The molecule has 1 unspecified atom stereocenters. The molecule has 0 radical (unpaired) electrons. The first-order valence-electron chi connectivity index (χ1n) is 8.15. The summed E-state index contributed by atoms with van der Waals surface area (Å²) in [5.41, 5.74) is 8.00. The molecule has 130 valence electrons. The fourth-order valence-electron chi connectivity index (χ4n) is 2.46. The van der Waals surface area contributed by atoms with Gasteiger partial charge in [0.2, 0.25) is 5.91 Å². The summed E-state index contributed by atoms with van der Waals surface area (Å²) in [6.45, 7) is 3.94. The number of hydrogen-bond donors (Lipinski definition) is 2. The zero-order valence-corrected chi connectivity index (χ0v) is 14.3. The number of carbonyl (C=O) groups is 1. The molecule has 2 rings (SSSR count). The topological polar surface area (TPSA) is 82.2 Å². The van der Waals surface area contributed by atoms with Gasteiger partial charge in [0.15, 0.2) is 0 Å². The van der Waals surface area contributed by atoms with Gasteiger partial charge in [-0.15, -0.1) is 0 Å². The van der Waals surface area contributed by atoms with Crippen LogP contribution in [-0.2, 0) is 22.5 Å². The van der Waals surface area contributed by atoms with Crippen molar-refractivity contribution in [1.82, 2.24) is 14.9 Å². The number of methoxy groups -OCH3 is 1. The summed E-state index contributed by atoms with van der Waals surface area (Å²) in [7, 11) is 1.65. The van der Waals surface area contributed by atoms with Gasteiger partial charge in [-0.05, 0) is 11.5 Å². The maximum absolute atomic E-state index is 12.0. The van der Waals surface area contributed by atoms with Gasteiger partial charge in [-0.25, -0.2) is 4.98 Å². The van der Waals surface area contributed by atoms with Crippen LogP contribution in [0.1, 0.15) is 18.2 Å². The summed E-state index contributed by atoms with van der Waals surface area (Å²) < 4.78 is 7.04. The molecule has 6 heteroatoms. The van der Waals surface area contributed by atoms with Crippen molar-refractivity contribution in [2.24, 2.45) is 11.7 Å². The van der Waals surface area contributed by atoms with E-state index in [0.717, 1.165) is 12.2 Å². The molecular formula is C18H26N4O2. The average Bonchev–Trinajstić information content (AvgIpc) is 3.00. The zero-order chi connectivity index (χ0) is 17.4. The Bertz CT molecular complexity index is 627. The van der Waals surface area contributed by atoms with Gasteiger partial charge in [-0.2, -0.15) is 0 Å². The minimum absolute atomic E-state index is 0.157. The summed E-state index contributed by atoms with van der Waals surface area (Å²) in [5.74, 6) is 0.104. The van der Waals surface area contributed by atoms with Crippen LogP contribution < -0.4 is 11.1 Å². The molecular weight excluding hydrogens is 304 g/mol. The van der Waals surface area contributed by atoms with Gasteiger partial charge in [0.1, 0.15) is 0 Å². The van der Waals surface area contributed by atoms with Crippen LogP contribution in [0.5, 0.6) is 0 Å². The molecule has 0 saturated carbocycles. The number of aromatic nitrogens is 2. The van der Waals surface area contributed by atoms with Crippen LogP contribution in [0.3, 0.4) is 0 Å². The van der Waals surface area contributed by atoms with E-state index < -0.39 is 6.04 Å². The van der Waals surface area contributed by atoms with Gasteiger partial charge in [0.05, 0.1) is 24.7 Å². The highest BCUT2D eigenvalue weighted by Gasteiger charge is 2.16. The molecule has 1 aromatic heterocycles. The Labute approximate surface area is 143 Å². The van der Waals surface area contributed by atoms with E-state index in [2.05, 4.69) is 22.4 Å². The van der Waals surface area contributed by atoms with E-state index in [1.54, 1.807) is 13.4 Å². The second-order valence-corrected chi connectivity index (χ2v) is 6.14. The quantitative estimate of drug-likeness (QED) is 0.724. The normalized spacial score (nSPS) is 13.5. The largest absolute Gasteiger partial charge is 0.384 e. The first kappa shape index (κ1) is 18.2. The maximum atomic E-state index is 12.0. The van der Waals surface area contributed by atoms with Crippen molar-refractivity contribution in [2.45, 2.75) is 25.9 Å². The van der Waals surface area contributed by atoms with E-state index in [4.69, 9.17) is 10.5 Å². The molecule has 0 spiro atoms. The Morgan fingerprint density at radius 1 is 1.38 bits per heavy atom. The lowest BCUT2D eigenvalue weighted by Gasteiger charge is -2.14.